The summed E-state index contributed by atoms with van der Waals surface area (Å²) in [7, 11) is -3.48. The molecule has 1 amide bonds. The zero-order valence-electron chi connectivity index (χ0n) is 22.8. The molecule has 2 N–H and O–H groups in total. The Balaban J connectivity index is 1.15. The third kappa shape index (κ3) is 6.67. The average molecular weight is 551 g/mol. The zero-order chi connectivity index (χ0) is 27.4. The smallest absolute Gasteiger partial charge is 0.240 e. The van der Waals surface area contributed by atoms with Crippen LogP contribution < -0.4 is 14.9 Å². The van der Waals surface area contributed by atoms with Crippen LogP contribution in [0.5, 0.6) is 0 Å². The van der Waals surface area contributed by atoms with Crippen LogP contribution in [-0.2, 0) is 14.8 Å². The summed E-state index contributed by atoms with van der Waals surface area (Å²) in [4.78, 5) is 25.9. The van der Waals surface area contributed by atoms with E-state index in [0.29, 0.717) is 42.3 Å². The lowest BCUT2D eigenvalue weighted by Crippen LogP contribution is -2.48. The normalized spacial score (nSPS) is 20.3. The molecular formula is C29H38N6O3S. The first-order chi connectivity index (χ1) is 18.8. The number of anilines is 2. The molecule has 0 radical (unpaired) electrons. The fourth-order valence-corrected chi connectivity index (χ4v) is 6.63. The maximum Gasteiger partial charge on any atom is 0.240 e. The molecule has 1 saturated carbocycles. The molecular weight excluding hydrogens is 512 g/mol. The number of hydrogen-bond acceptors (Lipinski definition) is 7. The molecule has 1 aromatic heterocycles. The maximum atomic E-state index is 12.6. The Bertz CT molecular complexity index is 1400. The molecule has 0 atom stereocenters. The number of piperazine rings is 1. The van der Waals surface area contributed by atoms with Crippen molar-refractivity contribution in [1.29, 1.82) is 0 Å². The number of nitrogens with zero attached hydrogens (tertiary/aromatic N) is 4. The van der Waals surface area contributed by atoms with E-state index in [2.05, 4.69) is 21.0 Å². The predicted molar refractivity (Wildman–Crippen MR) is 154 cm³/mol. The van der Waals surface area contributed by atoms with Crippen molar-refractivity contribution in [3.8, 4) is 0 Å². The van der Waals surface area contributed by atoms with Crippen LogP contribution in [0.4, 0.5) is 11.8 Å². The van der Waals surface area contributed by atoms with Gasteiger partial charge in [-0.2, -0.15) is 4.98 Å². The molecule has 0 spiro atoms. The van der Waals surface area contributed by atoms with Crippen LogP contribution in [0.1, 0.15) is 38.2 Å². The SMILES string of the molecule is CC(=O)N1CCN(c2nc(NCC3CCC(CNS(=O)(=O)c4ccc(C)cc4)CC3)nc3ccccc23)CC1. The number of nitrogens with one attached hydrogen (secondary N) is 2. The lowest BCUT2D eigenvalue weighted by Gasteiger charge is -2.35. The Hall–Kier alpha value is -3.24. The highest BCUT2D eigenvalue weighted by molar-refractivity contribution is 7.89. The van der Waals surface area contributed by atoms with Gasteiger partial charge in [0.05, 0.1) is 10.4 Å². The first-order valence-corrected chi connectivity index (χ1v) is 15.3. The third-order valence-corrected chi connectivity index (χ3v) is 9.46. The van der Waals surface area contributed by atoms with E-state index in [9.17, 15) is 13.2 Å². The van der Waals surface area contributed by atoms with Crippen molar-refractivity contribution < 1.29 is 13.2 Å². The highest BCUT2D eigenvalue weighted by atomic mass is 32.2. The fourth-order valence-electron chi connectivity index (χ4n) is 5.52. The number of hydrogen-bond donors (Lipinski definition) is 2. The summed E-state index contributed by atoms with van der Waals surface area (Å²) < 4.78 is 28.1. The summed E-state index contributed by atoms with van der Waals surface area (Å²) in [6.45, 7) is 7.72. The van der Waals surface area contributed by atoms with E-state index in [1.165, 1.54) is 0 Å². The van der Waals surface area contributed by atoms with Gasteiger partial charge in [0.1, 0.15) is 5.82 Å². The minimum absolute atomic E-state index is 0.114. The molecule has 2 fully saturated rings. The topological polar surface area (TPSA) is 108 Å². The molecule has 1 saturated heterocycles. The molecule has 2 heterocycles. The summed E-state index contributed by atoms with van der Waals surface area (Å²) in [5.41, 5.74) is 1.95. The van der Waals surface area contributed by atoms with Gasteiger partial charge in [-0.15, -0.1) is 0 Å². The number of carbonyl (C=O) groups excluding carboxylic acids is 1. The van der Waals surface area contributed by atoms with Gasteiger partial charge in [0.25, 0.3) is 0 Å². The van der Waals surface area contributed by atoms with E-state index in [0.717, 1.165) is 67.6 Å². The second kappa shape index (κ2) is 11.9. The Morgan fingerprint density at radius 3 is 2.21 bits per heavy atom. The van der Waals surface area contributed by atoms with Gasteiger partial charge in [0.2, 0.25) is 21.9 Å². The van der Waals surface area contributed by atoms with Crippen LogP contribution in [0, 0.1) is 18.8 Å². The van der Waals surface area contributed by atoms with Crippen molar-refractivity contribution in [3.05, 3.63) is 54.1 Å². The number of benzene rings is 2. The van der Waals surface area contributed by atoms with Gasteiger partial charge in [-0.05, 0) is 68.7 Å². The van der Waals surface area contributed by atoms with Gasteiger partial charge in [0.15, 0.2) is 0 Å². The summed E-state index contributed by atoms with van der Waals surface area (Å²) in [6.07, 6.45) is 4.06. The molecule has 5 rings (SSSR count). The van der Waals surface area contributed by atoms with Crippen LogP contribution in [-0.4, -0.2) is 68.5 Å². The molecule has 0 unspecified atom stereocenters. The molecule has 1 aliphatic carbocycles. The van der Waals surface area contributed by atoms with Crippen molar-refractivity contribution >= 4 is 38.6 Å². The number of amides is 1. The first-order valence-electron chi connectivity index (χ1n) is 13.9. The molecule has 2 aliphatic rings. The molecule has 1 aliphatic heterocycles. The highest BCUT2D eigenvalue weighted by Gasteiger charge is 2.25. The molecule has 208 valence electrons. The monoisotopic (exact) mass is 550 g/mol. The summed E-state index contributed by atoms with van der Waals surface area (Å²) in [5.74, 6) is 2.50. The van der Waals surface area contributed by atoms with Crippen LogP contribution in [0.15, 0.2) is 53.4 Å². The largest absolute Gasteiger partial charge is 0.354 e. The predicted octanol–water partition coefficient (Wildman–Crippen LogP) is 3.80. The minimum Gasteiger partial charge on any atom is -0.354 e. The van der Waals surface area contributed by atoms with Crippen molar-refractivity contribution in [1.82, 2.24) is 19.6 Å². The second-order valence-corrected chi connectivity index (χ2v) is 12.6. The maximum absolute atomic E-state index is 12.6. The summed E-state index contributed by atoms with van der Waals surface area (Å²) in [6, 6.07) is 15.0. The number of rotatable bonds is 8. The van der Waals surface area contributed by atoms with Crippen molar-refractivity contribution in [2.24, 2.45) is 11.8 Å². The number of aryl methyl sites for hydroxylation is 1. The average Bonchev–Trinajstić information content (AvgIpc) is 2.95. The first kappa shape index (κ1) is 27.3. The Kier molecular flexibility index (Phi) is 8.32. The Morgan fingerprint density at radius 1 is 0.897 bits per heavy atom. The van der Waals surface area contributed by atoms with Crippen LogP contribution in [0.25, 0.3) is 10.9 Å². The Morgan fingerprint density at radius 2 is 1.54 bits per heavy atom. The zero-order valence-corrected chi connectivity index (χ0v) is 23.6. The third-order valence-electron chi connectivity index (χ3n) is 8.02. The number of para-hydroxylation sites is 1. The van der Waals surface area contributed by atoms with Gasteiger partial charge >= 0.3 is 0 Å². The molecule has 3 aromatic rings. The summed E-state index contributed by atoms with van der Waals surface area (Å²) in [5, 5.41) is 4.51. The molecule has 0 bridgehead atoms. The van der Waals surface area contributed by atoms with E-state index in [1.807, 2.05) is 42.2 Å². The van der Waals surface area contributed by atoms with E-state index in [-0.39, 0.29) is 5.91 Å². The van der Waals surface area contributed by atoms with Gasteiger partial charge in [-0.1, -0.05) is 29.8 Å². The molecule has 39 heavy (non-hydrogen) atoms. The number of fused-ring (bicyclic) bond motifs is 1. The fraction of sp³-hybridized carbons (Fsp3) is 0.483. The lowest BCUT2D eigenvalue weighted by molar-refractivity contribution is -0.129. The number of aromatic nitrogens is 2. The van der Waals surface area contributed by atoms with E-state index in [4.69, 9.17) is 9.97 Å². The standard InChI is InChI=1S/C29H38N6O3S/c1-21-7-13-25(14-8-21)39(37,38)31-20-24-11-9-23(10-12-24)19-30-29-32-27-6-4-3-5-26(27)28(33-29)35-17-15-34(16-18-35)22(2)36/h3-8,13-14,23-24,31H,9-12,15-20H2,1-2H3,(H,30,32,33). The van der Waals surface area contributed by atoms with Gasteiger partial charge in [-0.25, -0.2) is 18.1 Å². The van der Waals surface area contributed by atoms with Crippen LogP contribution in [0.2, 0.25) is 0 Å². The highest BCUT2D eigenvalue weighted by Crippen LogP contribution is 2.30. The quantitative estimate of drug-likeness (QED) is 0.439. The second-order valence-electron chi connectivity index (χ2n) is 10.8. The van der Waals surface area contributed by atoms with Crippen molar-refractivity contribution in [2.45, 2.75) is 44.4 Å². The number of carbonyl (C=O) groups is 1. The summed E-state index contributed by atoms with van der Waals surface area (Å²) >= 11 is 0. The lowest BCUT2D eigenvalue weighted by atomic mass is 9.82. The van der Waals surface area contributed by atoms with Gasteiger partial charge in [0, 0.05) is 51.6 Å². The van der Waals surface area contributed by atoms with Crippen LogP contribution in [0.3, 0.4) is 0 Å². The van der Waals surface area contributed by atoms with Crippen molar-refractivity contribution in [3.63, 3.8) is 0 Å². The molecule has 10 heteroatoms. The van der Waals surface area contributed by atoms with Gasteiger partial charge in [-0.3, -0.25) is 4.79 Å². The molecule has 9 nitrogen and oxygen atoms in total. The van der Waals surface area contributed by atoms with E-state index >= 15 is 0 Å². The van der Waals surface area contributed by atoms with Crippen LogP contribution >= 0.6 is 0 Å². The molecule has 2 aromatic carbocycles. The van der Waals surface area contributed by atoms with E-state index in [1.54, 1.807) is 19.1 Å². The van der Waals surface area contributed by atoms with Gasteiger partial charge < -0.3 is 15.1 Å². The number of sulfonamides is 1. The minimum atomic E-state index is -3.48. The van der Waals surface area contributed by atoms with Crippen molar-refractivity contribution in [2.75, 3.05) is 49.5 Å². The Labute approximate surface area is 231 Å². The van der Waals surface area contributed by atoms with E-state index < -0.39 is 10.0 Å².